The summed E-state index contributed by atoms with van der Waals surface area (Å²) in [7, 11) is 0. The van der Waals surface area contributed by atoms with Gasteiger partial charge in [-0.15, -0.1) is 6.42 Å². The summed E-state index contributed by atoms with van der Waals surface area (Å²) in [5.41, 5.74) is 1.07. The van der Waals surface area contributed by atoms with Crippen LogP contribution in [0.2, 0.25) is 0 Å². The zero-order valence-corrected chi connectivity index (χ0v) is 20.7. The van der Waals surface area contributed by atoms with Crippen LogP contribution in [0.4, 0.5) is 0 Å². The Balaban J connectivity index is 1.19. The lowest BCUT2D eigenvalue weighted by Gasteiger charge is -2.37. The van der Waals surface area contributed by atoms with Crippen molar-refractivity contribution in [2.45, 2.75) is 62.1 Å². The first kappa shape index (κ1) is 23.6. The highest BCUT2D eigenvalue weighted by Crippen LogP contribution is 2.37. The van der Waals surface area contributed by atoms with Gasteiger partial charge in [-0.3, -0.25) is 9.59 Å². The van der Waals surface area contributed by atoms with E-state index in [0.717, 1.165) is 54.4 Å². The molecule has 0 spiro atoms. The molecule has 0 bridgehead atoms. The summed E-state index contributed by atoms with van der Waals surface area (Å²) in [5.74, 6) is 3.13. The fraction of sp³-hybridized carbons (Fsp3) is 0.400. The molecule has 7 heteroatoms. The van der Waals surface area contributed by atoms with Crippen LogP contribution in [0, 0.1) is 12.3 Å². The van der Waals surface area contributed by atoms with Gasteiger partial charge in [0.15, 0.2) is 5.76 Å². The Kier molecular flexibility index (Phi) is 5.92. The second kappa shape index (κ2) is 9.28. The fourth-order valence-electron chi connectivity index (χ4n) is 5.13. The normalized spacial score (nSPS) is 19.9. The highest BCUT2D eigenvalue weighted by atomic mass is 16.6. The van der Waals surface area contributed by atoms with Crippen LogP contribution in [0.5, 0.6) is 5.75 Å². The van der Waals surface area contributed by atoms with E-state index < -0.39 is 11.1 Å². The summed E-state index contributed by atoms with van der Waals surface area (Å²) in [6.07, 6.45) is 11.3. The van der Waals surface area contributed by atoms with Crippen LogP contribution in [0.1, 0.15) is 55.5 Å². The molecular weight excluding hydrogens is 468 g/mol. The lowest BCUT2D eigenvalue weighted by molar-refractivity contribution is -0.129. The molecule has 6 rings (SSSR count). The predicted octanol–water partition coefficient (Wildman–Crippen LogP) is 4.59. The molecule has 2 aliphatic carbocycles. The number of terminal acetylenes is 1. The van der Waals surface area contributed by atoms with Crippen LogP contribution >= 0.6 is 0 Å². The molecule has 1 aromatic heterocycles. The average molecular weight is 499 g/mol. The summed E-state index contributed by atoms with van der Waals surface area (Å²) in [6.45, 7) is 1.26. The number of benzene rings is 2. The molecule has 1 saturated heterocycles. The van der Waals surface area contributed by atoms with Crippen LogP contribution in [-0.2, 0) is 9.53 Å². The molecule has 2 amide bonds. The number of furan rings is 1. The number of amides is 2. The molecule has 2 heterocycles. The second-order valence-electron chi connectivity index (χ2n) is 10.4. The Morgan fingerprint density at radius 3 is 2.30 bits per heavy atom. The molecular formula is C30H30N2O5. The number of carbonyl (C=O) groups excluding carboxylic acids is 2. The minimum atomic E-state index is -0.971. The van der Waals surface area contributed by atoms with Gasteiger partial charge in [0.1, 0.15) is 28.5 Å². The number of nitrogens with one attached hydrogen (secondary N) is 2. The van der Waals surface area contributed by atoms with Gasteiger partial charge in [0.25, 0.3) is 5.91 Å². The van der Waals surface area contributed by atoms with Crippen molar-refractivity contribution in [2.75, 3.05) is 13.2 Å². The molecule has 0 atom stereocenters. The van der Waals surface area contributed by atoms with E-state index >= 15 is 0 Å². The molecule has 3 aromatic rings. The molecule has 37 heavy (non-hydrogen) atoms. The third-order valence-corrected chi connectivity index (χ3v) is 7.72. The highest BCUT2D eigenvalue weighted by molar-refractivity contribution is 6.00. The van der Waals surface area contributed by atoms with E-state index in [1.807, 2.05) is 42.5 Å². The Morgan fingerprint density at radius 2 is 1.65 bits per heavy atom. The van der Waals surface area contributed by atoms with Gasteiger partial charge in [0.2, 0.25) is 5.91 Å². The van der Waals surface area contributed by atoms with Gasteiger partial charge >= 0.3 is 0 Å². The first-order chi connectivity index (χ1) is 18.0. The van der Waals surface area contributed by atoms with Crippen molar-refractivity contribution < 1.29 is 23.5 Å². The average Bonchev–Trinajstić information content (AvgIpc) is 3.54. The first-order valence-electron chi connectivity index (χ1n) is 13.0. The molecule has 3 fully saturated rings. The van der Waals surface area contributed by atoms with Gasteiger partial charge in [-0.25, -0.2) is 0 Å². The topological polar surface area (TPSA) is 89.8 Å². The minimum Gasteiger partial charge on any atom is -0.486 e. The molecule has 0 radical (unpaired) electrons. The quantitative estimate of drug-likeness (QED) is 0.465. The van der Waals surface area contributed by atoms with Crippen LogP contribution in [0.3, 0.4) is 0 Å². The van der Waals surface area contributed by atoms with E-state index in [-0.39, 0.29) is 23.7 Å². The van der Waals surface area contributed by atoms with Crippen molar-refractivity contribution in [3.63, 3.8) is 0 Å². The summed E-state index contributed by atoms with van der Waals surface area (Å²) in [5, 5.41) is 6.87. The highest BCUT2D eigenvalue weighted by Gasteiger charge is 2.48. The molecule has 3 aliphatic rings. The molecule has 2 aromatic carbocycles. The number of fused-ring (bicyclic) bond motifs is 1. The monoisotopic (exact) mass is 498 g/mol. The minimum absolute atomic E-state index is 0.126. The predicted molar refractivity (Wildman–Crippen MR) is 139 cm³/mol. The largest absolute Gasteiger partial charge is 0.486 e. The maximum Gasteiger partial charge on any atom is 0.287 e. The Hall–Kier alpha value is -3.76. The van der Waals surface area contributed by atoms with Gasteiger partial charge < -0.3 is 24.5 Å². The summed E-state index contributed by atoms with van der Waals surface area (Å²) < 4.78 is 17.0. The Morgan fingerprint density at radius 1 is 0.919 bits per heavy atom. The van der Waals surface area contributed by atoms with Gasteiger partial charge in [0, 0.05) is 5.39 Å². The van der Waals surface area contributed by atoms with E-state index in [2.05, 4.69) is 16.6 Å². The van der Waals surface area contributed by atoms with Crippen LogP contribution in [-0.4, -0.2) is 42.2 Å². The van der Waals surface area contributed by atoms with E-state index in [0.29, 0.717) is 31.6 Å². The van der Waals surface area contributed by atoms with Crippen molar-refractivity contribution >= 4 is 22.8 Å². The fourth-order valence-corrected chi connectivity index (χ4v) is 5.13. The molecule has 7 nitrogen and oxygen atoms in total. The van der Waals surface area contributed by atoms with Crippen molar-refractivity contribution in [1.29, 1.82) is 0 Å². The van der Waals surface area contributed by atoms with E-state index in [1.54, 1.807) is 6.07 Å². The second-order valence-corrected chi connectivity index (χ2v) is 10.4. The van der Waals surface area contributed by atoms with Crippen molar-refractivity contribution in [2.24, 2.45) is 0 Å². The Labute approximate surface area is 215 Å². The molecule has 0 unspecified atom stereocenters. The number of hydrogen-bond acceptors (Lipinski definition) is 5. The number of hydrogen-bond donors (Lipinski definition) is 2. The Bertz CT molecular complexity index is 1370. The van der Waals surface area contributed by atoms with Gasteiger partial charge in [-0.05, 0) is 61.1 Å². The van der Waals surface area contributed by atoms with Gasteiger partial charge in [-0.2, -0.15) is 0 Å². The molecule has 2 N–H and O–H groups in total. The summed E-state index contributed by atoms with van der Waals surface area (Å²) in [6, 6.07) is 15.5. The summed E-state index contributed by atoms with van der Waals surface area (Å²) in [4.78, 5) is 26.6. The lowest BCUT2D eigenvalue weighted by atomic mass is 9.80. The van der Waals surface area contributed by atoms with Crippen LogP contribution in [0.25, 0.3) is 22.1 Å². The maximum absolute atomic E-state index is 13.3. The number of carbonyl (C=O) groups is 2. The third-order valence-electron chi connectivity index (χ3n) is 7.72. The standard InChI is InChI=1S/C30H30N2O5/c1-2-29(14-15-29)32-28(34)30(12-4-3-5-13-30)31-27(33)26-17-22-7-6-21(16-25(22)37-26)20-8-10-23(11-9-20)36-24-18-35-19-24/h1,6-11,16-17,24H,3-5,12-15,18-19H2,(H,31,33)(H,32,34). The lowest BCUT2D eigenvalue weighted by Crippen LogP contribution is -2.61. The van der Waals surface area contributed by atoms with Crippen LogP contribution in [0.15, 0.2) is 52.9 Å². The molecule has 190 valence electrons. The third kappa shape index (κ3) is 4.70. The first-order valence-corrected chi connectivity index (χ1v) is 13.0. The summed E-state index contributed by atoms with van der Waals surface area (Å²) >= 11 is 0. The van der Waals surface area contributed by atoms with Crippen molar-refractivity contribution in [3.8, 4) is 29.2 Å². The zero-order valence-electron chi connectivity index (χ0n) is 20.7. The van der Waals surface area contributed by atoms with Crippen LogP contribution < -0.4 is 15.4 Å². The zero-order chi connectivity index (χ0) is 25.5. The van der Waals surface area contributed by atoms with E-state index in [9.17, 15) is 9.59 Å². The van der Waals surface area contributed by atoms with Gasteiger partial charge in [-0.1, -0.05) is 49.4 Å². The maximum atomic E-state index is 13.3. The van der Waals surface area contributed by atoms with Crippen molar-refractivity contribution in [1.82, 2.24) is 10.6 Å². The van der Waals surface area contributed by atoms with E-state index in [1.165, 1.54) is 0 Å². The van der Waals surface area contributed by atoms with E-state index in [4.69, 9.17) is 20.3 Å². The number of rotatable bonds is 7. The number of ether oxygens (including phenoxy) is 2. The van der Waals surface area contributed by atoms with Crippen molar-refractivity contribution in [3.05, 3.63) is 54.3 Å². The molecule has 1 aliphatic heterocycles. The van der Waals surface area contributed by atoms with Gasteiger partial charge in [0.05, 0.1) is 13.2 Å². The smallest absolute Gasteiger partial charge is 0.287 e. The SMILES string of the molecule is C#CC1(NC(=O)C2(NC(=O)c3cc4ccc(-c5ccc(OC6COC6)cc5)cc4o3)CCCCC2)CC1. The molecule has 2 saturated carbocycles.